The van der Waals surface area contributed by atoms with Crippen LogP contribution in [-0.2, 0) is 43.0 Å². The van der Waals surface area contributed by atoms with E-state index in [1.54, 1.807) is 35.4 Å². The van der Waals surface area contributed by atoms with Gasteiger partial charge in [-0.1, -0.05) is 183 Å². The highest BCUT2D eigenvalue weighted by Gasteiger charge is 2.39. The van der Waals surface area contributed by atoms with Gasteiger partial charge in [-0.25, -0.2) is 9.59 Å². The van der Waals surface area contributed by atoms with Crippen molar-refractivity contribution >= 4 is 57.2 Å². The number of carbonyl (C=O) groups is 6. The third kappa shape index (κ3) is 46.0. The first-order chi connectivity index (χ1) is 35.5. The fourth-order valence-electron chi connectivity index (χ4n) is 5.92. The maximum Gasteiger partial charge on any atom is 0.331 e. The Labute approximate surface area is 446 Å². The first-order valence-corrected chi connectivity index (χ1v) is 28.3. The van der Waals surface area contributed by atoms with Crippen LogP contribution in [0.5, 0.6) is 0 Å². The zero-order valence-electron chi connectivity index (χ0n) is 44.5. The van der Waals surface area contributed by atoms with Crippen LogP contribution in [0.2, 0.25) is 0 Å². The van der Waals surface area contributed by atoms with Crippen LogP contribution in [-0.4, -0.2) is 86.6 Å². The van der Waals surface area contributed by atoms with Gasteiger partial charge in [0.2, 0.25) is 11.8 Å². The normalized spacial score (nSPS) is 13.1. The first kappa shape index (κ1) is 67.4. The minimum Gasteiger partial charge on any atom is -0.466 e. The maximum absolute atomic E-state index is 13.4. The van der Waals surface area contributed by atoms with Gasteiger partial charge in [-0.05, 0) is 83.5 Å². The second-order valence-electron chi connectivity index (χ2n) is 16.9. The second kappa shape index (κ2) is 50.0. The Morgan fingerprint density at radius 2 is 0.904 bits per heavy atom. The third-order valence-electron chi connectivity index (χ3n) is 9.90. The van der Waals surface area contributed by atoms with E-state index in [0.29, 0.717) is 43.9 Å². The molecule has 404 valence electrons. The fourth-order valence-corrected chi connectivity index (χ4v) is 7.73. The molecule has 0 aromatic rings. The van der Waals surface area contributed by atoms with E-state index in [1.165, 1.54) is 0 Å². The Bertz CT molecular complexity index is 1900. The zero-order valence-corrected chi connectivity index (χ0v) is 46.1. The molecule has 0 spiro atoms. The summed E-state index contributed by atoms with van der Waals surface area (Å²) in [5.41, 5.74) is -1.17. The summed E-state index contributed by atoms with van der Waals surface area (Å²) in [6.07, 6.45) is 59.1. The number of rotatable bonds is 43. The fraction of sp³-hybridized carbons (Fsp3) is 0.492. The van der Waals surface area contributed by atoms with Crippen molar-refractivity contribution in [2.24, 2.45) is 5.41 Å². The van der Waals surface area contributed by atoms with Crippen LogP contribution < -0.4 is 16.0 Å². The minimum atomic E-state index is -1.42. The van der Waals surface area contributed by atoms with E-state index in [1.807, 2.05) is 18.2 Å². The highest BCUT2D eigenvalue weighted by atomic mass is 33.1. The van der Waals surface area contributed by atoms with Crippen LogP contribution in [0.25, 0.3) is 0 Å². The zero-order chi connectivity index (χ0) is 53.7. The van der Waals surface area contributed by atoms with Gasteiger partial charge in [0.05, 0.1) is 7.11 Å². The summed E-state index contributed by atoms with van der Waals surface area (Å²) in [6.45, 7) is 8.17. The average molecular weight is 1050 g/mol. The summed E-state index contributed by atoms with van der Waals surface area (Å²) in [5, 5.41) is 8.37. The molecule has 0 aliphatic carbocycles. The summed E-state index contributed by atoms with van der Waals surface area (Å²) in [7, 11) is 4.33. The summed E-state index contributed by atoms with van der Waals surface area (Å²) in [6, 6.07) is 0. The van der Waals surface area contributed by atoms with Crippen molar-refractivity contribution in [2.75, 3.05) is 44.9 Å². The van der Waals surface area contributed by atoms with E-state index in [9.17, 15) is 28.8 Å². The Morgan fingerprint density at radius 3 is 1.36 bits per heavy atom. The molecule has 0 radical (unpaired) electrons. The quantitative estimate of drug-likeness (QED) is 0.0133. The molecule has 0 fully saturated rings. The Morgan fingerprint density at radius 1 is 0.493 bits per heavy atom. The molecular formula is C59H87N3O9S2. The molecule has 73 heavy (non-hydrogen) atoms. The van der Waals surface area contributed by atoms with Crippen LogP contribution in [0, 0.1) is 5.41 Å². The molecule has 0 aliphatic rings. The molecule has 3 N–H and O–H groups in total. The molecule has 12 nitrogen and oxygen atoms in total. The molecule has 1 atom stereocenters. The van der Waals surface area contributed by atoms with Crippen LogP contribution in [0.1, 0.15) is 130 Å². The van der Waals surface area contributed by atoms with Gasteiger partial charge in [-0.2, -0.15) is 0 Å². The third-order valence-corrected chi connectivity index (χ3v) is 12.3. The van der Waals surface area contributed by atoms with Crippen molar-refractivity contribution < 1.29 is 43.0 Å². The lowest BCUT2D eigenvalue weighted by molar-refractivity contribution is -0.165. The molecule has 0 aliphatic heterocycles. The van der Waals surface area contributed by atoms with Crippen molar-refractivity contribution in [3.8, 4) is 0 Å². The van der Waals surface area contributed by atoms with Gasteiger partial charge in [0.15, 0.2) is 6.10 Å². The average Bonchev–Trinajstić information content (AvgIpc) is 3.37. The molecule has 0 rings (SSSR count). The highest BCUT2D eigenvalue weighted by Crippen LogP contribution is 2.25. The molecule has 14 heteroatoms. The van der Waals surface area contributed by atoms with E-state index >= 15 is 0 Å². The first-order valence-electron chi connectivity index (χ1n) is 25.8. The van der Waals surface area contributed by atoms with Crippen LogP contribution in [0.4, 0.5) is 0 Å². The van der Waals surface area contributed by atoms with Crippen LogP contribution in [0.15, 0.2) is 146 Å². The monoisotopic (exact) mass is 1050 g/mol. The lowest BCUT2D eigenvalue weighted by atomic mass is 9.86. The number of nitrogens with one attached hydrogen (secondary N) is 3. The molecular weight excluding hydrogens is 959 g/mol. The number of hydrogen-bond acceptors (Lipinski definition) is 11. The Balaban J connectivity index is 4.46. The largest absolute Gasteiger partial charge is 0.466 e. The van der Waals surface area contributed by atoms with Crippen LogP contribution in [0.3, 0.4) is 0 Å². The molecule has 0 heterocycles. The van der Waals surface area contributed by atoms with Crippen molar-refractivity contribution in [3.05, 3.63) is 146 Å². The predicted molar refractivity (Wildman–Crippen MR) is 305 cm³/mol. The number of ether oxygens (including phenoxy) is 3. The SMILES string of the molecule is CCC=CCC=CCC=CCC=CCC=CCC=CCC(=O)NCCSSCCNC(=O)CCNC(=O)[C@H](OC(=O)C=CC(=O)OC)C(C)(C)COC(=O)CCCC=CCC=CCC=CCC=CCC=CCC. The van der Waals surface area contributed by atoms with Gasteiger partial charge in [0.25, 0.3) is 5.91 Å². The molecule has 0 aromatic heterocycles. The van der Waals surface area contributed by atoms with Gasteiger partial charge in [-0.3, -0.25) is 19.2 Å². The molecule has 0 aromatic carbocycles. The number of hydrogen-bond donors (Lipinski definition) is 3. The molecule has 3 amide bonds. The lowest BCUT2D eigenvalue weighted by Crippen LogP contribution is -2.49. The summed E-state index contributed by atoms with van der Waals surface area (Å²) >= 11 is 0. The summed E-state index contributed by atoms with van der Waals surface area (Å²) in [4.78, 5) is 74.8. The maximum atomic E-state index is 13.4. The number of methoxy groups -OCH3 is 1. The second-order valence-corrected chi connectivity index (χ2v) is 19.6. The van der Waals surface area contributed by atoms with Crippen molar-refractivity contribution in [3.63, 3.8) is 0 Å². The van der Waals surface area contributed by atoms with E-state index in [4.69, 9.17) is 9.47 Å². The van der Waals surface area contributed by atoms with Crippen molar-refractivity contribution in [1.82, 2.24) is 16.0 Å². The number of amides is 3. The number of carbonyl (C=O) groups excluding carboxylic acids is 6. The van der Waals surface area contributed by atoms with Gasteiger partial charge in [-0.15, -0.1) is 0 Å². The molecule has 0 bridgehead atoms. The number of esters is 3. The van der Waals surface area contributed by atoms with Gasteiger partial charge >= 0.3 is 17.9 Å². The standard InChI is InChI=1S/C59H87N3O9S2/c1-6-8-10-12-14-16-18-20-22-24-26-27-29-31-33-35-37-39-41-52(63)60-47-49-72-73-50-48-61-53(64)45-46-62-58(68)57(71-56(67)44-43-54(65)69-5)59(3,4)51-70-55(66)42-40-38-36-34-32-30-28-25-23-21-19-17-15-13-11-9-7-2/h8-11,14-17,20-23,26-28,30-31,33-34,36-37,39,43-44,57H,6-7,12-13,18-19,24-25,29,32,35,38,40-42,45-51H2,1-5H3,(H,60,63)(H,61,64)(H,62,68)/t57-/m0/s1. The van der Waals surface area contributed by atoms with E-state index in [2.05, 4.69) is 150 Å². The molecule has 0 saturated carbocycles. The van der Waals surface area contributed by atoms with Crippen molar-refractivity contribution in [2.45, 2.75) is 137 Å². The van der Waals surface area contributed by atoms with Gasteiger partial charge < -0.3 is 30.2 Å². The topological polar surface area (TPSA) is 166 Å². The Kier molecular flexibility index (Phi) is 46.1. The van der Waals surface area contributed by atoms with E-state index in [-0.39, 0.29) is 37.8 Å². The highest BCUT2D eigenvalue weighted by molar-refractivity contribution is 8.76. The van der Waals surface area contributed by atoms with E-state index in [0.717, 1.165) is 89.9 Å². The molecule has 0 unspecified atom stereocenters. The summed E-state index contributed by atoms with van der Waals surface area (Å²) in [5.74, 6) is -1.85. The Hall–Kier alpha value is -5.60. The lowest BCUT2D eigenvalue weighted by Gasteiger charge is -2.32. The number of allylic oxidation sites excluding steroid dienone is 21. The smallest absolute Gasteiger partial charge is 0.331 e. The minimum absolute atomic E-state index is 0.0252. The van der Waals surface area contributed by atoms with Gasteiger partial charge in [0.1, 0.15) is 6.61 Å². The predicted octanol–water partition coefficient (Wildman–Crippen LogP) is 12.3. The summed E-state index contributed by atoms with van der Waals surface area (Å²) < 4.78 is 15.5. The number of unbranched alkanes of at least 4 members (excludes halogenated alkanes) is 1. The van der Waals surface area contributed by atoms with Crippen molar-refractivity contribution in [1.29, 1.82) is 0 Å². The van der Waals surface area contributed by atoms with Crippen LogP contribution >= 0.6 is 21.6 Å². The van der Waals surface area contributed by atoms with E-state index < -0.39 is 35.3 Å². The van der Waals surface area contributed by atoms with Gasteiger partial charge in [0, 0.05) is 68.0 Å². The molecule has 0 saturated heterocycles.